The second-order valence-electron chi connectivity index (χ2n) is 6.27. The zero-order valence-electron chi connectivity index (χ0n) is 14.4. The van der Waals surface area contributed by atoms with Crippen molar-refractivity contribution in [1.82, 2.24) is 15.0 Å². The third kappa shape index (κ3) is 3.78. The van der Waals surface area contributed by atoms with Crippen LogP contribution in [0.2, 0.25) is 0 Å². The third-order valence-electron chi connectivity index (χ3n) is 4.06. The molecule has 1 amide bonds. The summed E-state index contributed by atoms with van der Waals surface area (Å²) in [4.78, 5) is 19.0. The zero-order valence-corrected chi connectivity index (χ0v) is 14.4. The molecule has 8 nitrogen and oxygen atoms in total. The van der Waals surface area contributed by atoms with Gasteiger partial charge in [0.2, 0.25) is 12.2 Å². The van der Waals surface area contributed by atoms with Gasteiger partial charge in [0.05, 0.1) is 0 Å². The zero-order chi connectivity index (χ0) is 17.8. The summed E-state index contributed by atoms with van der Waals surface area (Å²) in [6.45, 7) is 6.74. The molecule has 1 aromatic carbocycles. The Labute approximate surface area is 146 Å². The molecule has 25 heavy (non-hydrogen) atoms. The lowest BCUT2D eigenvalue weighted by atomic mass is 10.1. The van der Waals surface area contributed by atoms with Crippen LogP contribution in [0.4, 0.5) is 11.7 Å². The summed E-state index contributed by atoms with van der Waals surface area (Å²) in [5.74, 6) is 0.510. The van der Waals surface area contributed by atoms with Crippen molar-refractivity contribution in [2.45, 2.75) is 19.9 Å². The van der Waals surface area contributed by atoms with Crippen LogP contribution in [0.15, 0.2) is 22.7 Å². The van der Waals surface area contributed by atoms with Crippen LogP contribution >= 0.6 is 0 Å². The maximum absolute atomic E-state index is 10.8. The van der Waals surface area contributed by atoms with Gasteiger partial charge in [0, 0.05) is 55.2 Å². The summed E-state index contributed by atoms with van der Waals surface area (Å²) in [5, 5.41) is 14.9. The minimum atomic E-state index is 0.254. The second kappa shape index (κ2) is 7.33. The highest BCUT2D eigenvalue weighted by molar-refractivity contribution is 5.87. The molecule has 2 aromatic rings. The van der Waals surface area contributed by atoms with E-state index in [-0.39, 0.29) is 6.04 Å². The molecule has 3 rings (SSSR count). The van der Waals surface area contributed by atoms with Crippen LogP contribution < -0.4 is 10.2 Å². The topological polar surface area (TPSA) is 98.3 Å². The number of carbonyl (C=O) groups excluding carboxylic acids is 1. The van der Waals surface area contributed by atoms with E-state index >= 15 is 0 Å². The summed E-state index contributed by atoms with van der Waals surface area (Å²) in [6.07, 6.45) is 2.19. The molecule has 2 N–H and O–H groups in total. The SMILES string of the molecule is CC(C)Nc1cc(-c2noc(N3CCN(C=O)CC3)n2)ccc1C=N. The van der Waals surface area contributed by atoms with Crippen LogP contribution in [0.1, 0.15) is 19.4 Å². The van der Waals surface area contributed by atoms with Crippen molar-refractivity contribution >= 4 is 24.3 Å². The first-order valence-corrected chi connectivity index (χ1v) is 8.30. The molecule has 1 saturated heterocycles. The molecule has 0 radical (unpaired) electrons. The molecule has 1 fully saturated rings. The van der Waals surface area contributed by atoms with Crippen molar-refractivity contribution < 1.29 is 9.32 Å². The smallest absolute Gasteiger partial charge is 0.324 e. The van der Waals surface area contributed by atoms with E-state index in [1.807, 2.05) is 36.9 Å². The molecule has 0 bridgehead atoms. The summed E-state index contributed by atoms with van der Waals surface area (Å²) in [5.41, 5.74) is 2.51. The van der Waals surface area contributed by atoms with E-state index in [4.69, 9.17) is 9.93 Å². The van der Waals surface area contributed by atoms with E-state index in [1.54, 1.807) is 4.90 Å². The Morgan fingerprint density at radius 3 is 2.68 bits per heavy atom. The number of amides is 1. The molecule has 8 heteroatoms. The number of rotatable bonds is 6. The Balaban J connectivity index is 1.80. The van der Waals surface area contributed by atoms with Crippen LogP contribution in [0.5, 0.6) is 0 Å². The standard InChI is InChI=1S/C17H22N6O2/c1-12(2)19-15-9-13(3-4-14(15)10-18)16-20-17(25-21-16)23-7-5-22(11-24)6-8-23/h3-4,9-12,18-19H,5-8H2,1-2H3. The first-order chi connectivity index (χ1) is 12.1. The summed E-state index contributed by atoms with van der Waals surface area (Å²) in [7, 11) is 0. The fourth-order valence-corrected chi connectivity index (χ4v) is 2.74. The van der Waals surface area contributed by atoms with E-state index in [0.717, 1.165) is 23.2 Å². The van der Waals surface area contributed by atoms with Gasteiger partial charge in [-0.2, -0.15) is 4.98 Å². The average molecular weight is 342 g/mol. The Morgan fingerprint density at radius 2 is 2.04 bits per heavy atom. The molecule has 0 spiro atoms. The van der Waals surface area contributed by atoms with Crippen LogP contribution in [0, 0.1) is 5.41 Å². The van der Waals surface area contributed by atoms with Gasteiger partial charge in [0.15, 0.2) is 0 Å². The molecule has 132 valence electrons. The summed E-state index contributed by atoms with van der Waals surface area (Å²) >= 11 is 0. The highest BCUT2D eigenvalue weighted by Crippen LogP contribution is 2.25. The minimum absolute atomic E-state index is 0.254. The Kier molecular flexibility index (Phi) is 4.97. The van der Waals surface area contributed by atoms with E-state index in [0.29, 0.717) is 38.0 Å². The molecular weight excluding hydrogens is 320 g/mol. The van der Waals surface area contributed by atoms with Crippen LogP contribution in [-0.2, 0) is 4.79 Å². The number of benzene rings is 1. The average Bonchev–Trinajstić information content (AvgIpc) is 3.11. The van der Waals surface area contributed by atoms with Gasteiger partial charge in [-0.25, -0.2) is 0 Å². The van der Waals surface area contributed by atoms with Crippen LogP contribution in [-0.4, -0.2) is 59.9 Å². The van der Waals surface area contributed by atoms with E-state index in [9.17, 15) is 4.79 Å². The van der Waals surface area contributed by atoms with E-state index in [2.05, 4.69) is 15.5 Å². The largest absolute Gasteiger partial charge is 0.382 e. The second-order valence-corrected chi connectivity index (χ2v) is 6.27. The molecule has 1 aliphatic rings. The number of hydrogen-bond donors (Lipinski definition) is 2. The van der Waals surface area contributed by atoms with Crippen LogP contribution in [0.3, 0.4) is 0 Å². The van der Waals surface area contributed by atoms with Gasteiger partial charge in [0.1, 0.15) is 0 Å². The Morgan fingerprint density at radius 1 is 1.28 bits per heavy atom. The van der Waals surface area contributed by atoms with Crippen LogP contribution in [0.25, 0.3) is 11.4 Å². The van der Waals surface area contributed by atoms with Crippen molar-refractivity contribution in [3.63, 3.8) is 0 Å². The molecule has 2 heterocycles. The van der Waals surface area contributed by atoms with Gasteiger partial charge in [-0.15, -0.1) is 0 Å². The molecule has 0 saturated carbocycles. The number of anilines is 2. The number of piperazine rings is 1. The van der Waals surface area contributed by atoms with Gasteiger partial charge in [0.25, 0.3) is 0 Å². The number of nitrogens with zero attached hydrogens (tertiary/aromatic N) is 4. The predicted octanol–water partition coefficient (Wildman–Crippen LogP) is 1.83. The van der Waals surface area contributed by atoms with Crippen molar-refractivity contribution in [3.8, 4) is 11.4 Å². The fraction of sp³-hybridized carbons (Fsp3) is 0.412. The Bertz CT molecular complexity index is 749. The maximum atomic E-state index is 10.8. The minimum Gasteiger partial charge on any atom is -0.382 e. The lowest BCUT2D eigenvalue weighted by Gasteiger charge is -2.30. The van der Waals surface area contributed by atoms with Gasteiger partial charge >= 0.3 is 6.01 Å². The highest BCUT2D eigenvalue weighted by Gasteiger charge is 2.21. The molecule has 0 unspecified atom stereocenters. The molecule has 1 aliphatic heterocycles. The van der Waals surface area contributed by atoms with Crippen molar-refractivity contribution in [1.29, 1.82) is 5.41 Å². The number of hydrogen-bond acceptors (Lipinski definition) is 7. The van der Waals surface area contributed by atoms with E-state index < -0.39 is 0 Å². The highest BCUT2D eigenvalue weighted by atomic mass is 16.5. The van der Waals surface area contributed by atoms with Gasteiger partial charge < -0.3 is 25.0 Å². The monoisotopic (exact) mass is 342 g/mol. The summed E-state index contributed by atoms with van der Waals surface area (Å²) in [6, 6.07) is 6.40. The normalized spacial score (nSPS) is 14.7. The maximum Gasteiger partial charge on any atom is 0.324 e. The number of nitrogens with one attached hydrogen (secondary N) is 2. The lowest BCUT2D eigenvalue weighted by Crippen LogP contribution is -2.45. The first kappa shape index (κ1) is 16.9. The first-order valence-electron chi connectivity index (χ1n) is 8.30. The lowest BCUT2D eigenvalue weighted by molar-refractivity contribution is -0.118. The predicted molar refractivity (Wildman–Crippen MR) is 96.2 cm³/mol. The van der Waals surface area contributed by atoms with Crippen molar-refractivity contribution in [2.24, 2.45) is 0 Å². The third-order valence-corrected chi connectivity index (χ3v) is 4.06. The van der Waals surface area contributed by atoms with Gasteiger partial charge in [-0.05, 0) is 19.9 Å². The van der Waals surface area contributed by atoms with Gasteiger partial charge in [-0.1, -0.05) is 17.3 Å². The Hall–Kier alpha value is -2.90. The summed E-state index contributed by atoms with van der Waals surface area (Å²) < 4.78 is 5.40. The molecule has 1 aromatic heterocycles. The number of carbonyl (C=O) groups is 1. The molecule has 0 atom stereocenters. The van der Waals surface area contributed by atoms with E-state index in [1.165, 1.54) is 6.21 Å². The molecular formula is C17H22N6O2. The fourth-order valence-electron chi connectivity index (χ4n) is 2.74. The molecule has 0 aliphatic carbocycles. The number of aromatic nitrogens is 2. The van der Waals surface area contributed by atoms with Gasteiger partial charge in [-0.3, -0.25) is 4.79 Å². The van der Waals surface area contributed by atoms with Crippen molar-refractivity contribution in [2.75, 3.05) is 36.4 Å². The quantitative estimate of drug-likeness (QED) is 0.614. The van der Waals surface area contributed by atoms with Crippen molar-refractivity contribution in [3.05, 3.63) is 23.8 Å².